The number of anilines is 1. The molecule has 5 heteroatoms. The van der Waals surface area contributed by atoms with Crippen molar-refractivity contribution >= 4 is 39.1 Å². The predicted molar refractivity (Wildman–Crippen MR) is 61.7 cm³/mol. The fourth-order valence-electron chi connectivity index (χ4n) is 0.948. The first-order valence-electron chi connectivity index (χ1n) is 4.03. The standard InChI is InChI=1S/C9H10BrClN2O/c1-12-5-9(14)13-8-4-6(11)2-3-7(8)10/h2-4,12H,5H2,1H3,(H,13,14). The molecule has 0 aliphatic carbocycles. The van der Waals surface area contributed by atoms with Gasteiger partial charge in [-0.1, -0.05) is 11.6 Å². The van der Waals surface area contributed by atoms with Crippen molar-refractivity contribution in [3.63, 3.8) is 0 Å². The van der Waals surface area contributed by atoms with E-state index in [4.69, 9.17) is 11.6 Å². The van der Waals surface area contributed by atoms with Gasteiger partial charge in [0, 0.05) is 9.50 Å². The number of halogens is 2. The zero-order chi connectivity index (χ0) is 10.6. The van der Waals surface area contributed by atoms with E-state index in [9.17, 15) is 4.79 Å². The van der Waals surface area contributed by atoms with Gasteiger partial charge in [0.05, 0.1) is 12.2 Å². The molecule has 0 saturated carbocycles. The van der Waals surface area contributed by atoms with Crippen LogP contribution in [0.1, 0.15) is 0 Å². The highest BCUT2D eigenvalue weighted by Gasteiger charge is 2.04. The number of likely N-dealkylation sites (N-methyl/N-ethyl adjacent to an activating group) is 1. The highest BCUT2D eigenvalue weighted by Crippen LogP contribution is 2.25. The molecule has 0 bridgehead atoms. The molecule has 0 aliphatic rings. The Hall–Kier alpha value is -0.580. The molecule has 1 rings (SSSR count). The fraction of sp³-hybridized carbons (Fsp3) is 0.222. The number of carbonyl (C=O) groups excluding carboxylic acids is 1. The van der Waals surface area contributed by atoms with E-state index < -0.39 is 0 Å². The molecular formula is C9H10BrClN2O. The predicted octanol–water partition coefficient (Wildman–Crippen LogP) is 2.26. The van der Waals surface area contributed by atoms with Crippen molar-refractivity contribution in [1.29, 1.82) is 0 Å². The Morgan fingerprint density at radius 3 is 2.93 bits per heavy atom. The number of nitrogens with one attached hydrogen (secondary N) is 2. The van der Waals surface area contributed by atoms with Gasteiger partial charge in [-0.25, -0.2) is 0 Å². The van der Waals surface area contributed by atoms with E-state index in [0.717, 1.165) is 4.47 Å². The van der Waals surface area contributed by atoms with E-state index in [1.807, 2.05) is 0 Å². The summed E-state index contributed by atoms with van der Waals surface area (Å²) in [7, 11) is 1.71. The Bertz CT molecular complexity index is 344. The van der Waals surface area contributed by atoms with Crippen LogP contribution in [0, 0.1) is 0 Å². The summed E-state index contributed by atoms with van der Waals surface area (Å²) in [5.41, 5.74) is 0.678. The van der Waals surface area contributed by atoms with Gasteiger partial charge in [0.15, 0.2) is 0 Å². The lowest BCUT2D eigenvalue weighted by Gasteiger charge is -2.07. The van der Waals surface area contributed by atoms with Crippen LogP contribution in [-0.2, 0) is 4.79 Å². The molecule has 0 spiro atoms. The maximum Gasteiger partial charge on any atom is 0.238 e. The van der Waals surface area contributed by atoms with Gasteiger partial charge in [-0.2, -0.15) is 0 Å². The SMILES string of the molecule is CNCC(=O)Nc1cc(Cl)ccc1Br. The van der Waals surface area contributed by atoms with E-state index in [1.54, 1.807) is 25.2 Å². The molecule has 0 atom stereocenters. The van der Waals surface area contributed by atoms with Gasteiger partial charge in [-0.05, 0) is 41.2 Å². The third kappa shape index (κ3) is 3.29. The largest absolute Gasteiger partial charge is 0.324 e. The average molecular weight is 278 g/mol. The third-order valence-corrected chi connectivity index (χ3v) is 2.47. The lowest BCUT2D eigenvalue weighted by Crippen LogP contribution is -2.25. The van der Waals surface area contributed by atoms with Crippen molar-refractivity contribution in [2.45, 2.75) is 0 Å². The van der Waals surface area contributed by atoms with Crippen molar-refractivity contribution in [3.8, 4) is 0 Å². The van der Waals surface area contributed by atoms with E-state index in [0.29, 0.717) is 10.7 Å². The van der Waals surface area contributed by atoms with Crippen LogP contribution < -0.4 is 10.6 Å². The van der Waals surface area contributed by atoms with Crippen LogP contribution in [0.15, 0.2) is 22.7 Å². The number of carbonyl (C=O) groups is 1. The van der Waals surface area contributed by atoms with Crippen molar-refractivity contribution in [2.24, 2.45) is 0 Å². The van der Waals surface area contributed by atoms with Crippen molar-refractivity contribution in [1.82, 2.24) is 5.32 Å². The second kappa shape index (κ2) is 5.34. The van der Waals surface area contributed by atoms with Crippen LogP contribution in [0.5, 0.6) is 0 Å². The molecule has 0 aromatic heterocycles. The average Bonchev–Trinajstić information content (AvgIpc) is 2.12. The van der Waals surface area contributed by atoms with Crippen molar-refractivity contribution in [2.75, 3.05) is 18.9 Å². The molecule has 2 N–H and O–H groups in total. The number of rotatable bonds is 3. The third-order valence-electron chi connectivity index (χ3n) is 1.54. The van der Waals surface area contributed by atoms with Gasteiger partial charge >= 0.3 is 0 Å². The van der Waals surface area contributed by atoms with Gasteiger partial charge in [0.1, 0.15) is 0 Å². The smallest absolute Gasteiger partial charge is 0.238 e. The van der Waals surface area contributed by atoms with Gasteiger partial charge in [0.2, 0.25) is 5.91 Å². The molecule has 76 valence electrons. The van der Waals surface area contributed by atoms with Crippen molar-refractivity contribution in [3.05, 3.63) is 27.7 Å². The van der Waals surface area contributed by atoms with Gasteiger partial charge in [0.25, 0.3) is 0 Å². The molecule has 1 aromatic carbocycles. The van der Waals surface area contributed by atoms with Crippen molar-refractivity contribution < 1.29 is 4.79 Å². The normalized spacial score (nSPS) is 9.93. The van der Waals surface area contributed by atoms with E-state index in [2.05, 4.69) is 26.6 Å². The van der Waals surface area contributed by atoms with Gasteiger partial charge in [-0.15, -0.1) is 0 Å². The van der Waals surface area contributed by atoms with Gasteiger partial charge in [-0.3, -0.25) is 4.79 Å². The number of hydrogen-bond donors (Lipinski definition) is 2. The Kier molecular flexibility index (Phi) is 4.38. The molecular weight excluding hydrogens is 267 g/mol. The van der Waals surface area contributed by atoms with Crippen LogP contribution in [0.3, 0.4) is 0 Å². The maximum atomic E-state index is 11.2. The minimum absolute atomic E-state index is 0.101. The first-order valence-corrected chi connectivity index (χ1v) is 5.20. The molecule has 0 saturated heterocycles. The second-order valence-electron chi connectivity index (χ2n) is 2.70. The summed E-state index contributed by atoms with van der Waals surface area (Å²) in [5.74, 6) is -0.101. The first kappa shape index (κ1) is 11.5. The topological polar surface area (TPSA) is 41.1 Å². The number of amides is 1. The maximum absolute atomic E-state index is 11.2. The second-order valence-corrected chi connectivity index (χ2v) is 3.99. The molecule has 0 aliphatic heterocycles. The minimum atomic E-state index is -0.101. The van der Waals surface area contributed by atoms with Crippen LogP contribution >= 0.6 is 27.5 Å². The van der Waals surface area contributed by atoms with Crippen LogP contribution in [0.25, 0.3) is 0 Å². The molecule has 1 aromatic rings. The Labute approximate surface area is 96.0 Å². The molecule has 1 amide bonds. The van der Waals surface area contributed by atoms with E-state index >= 15 is 0 Å². The lowest BCUT2D eigenvalue weighted by atomic mass is 10.3. The Morgan fingerprint density at radius 2 is 2.29 bits per heavy atom. The molecule has 0 unspecified atom stereocenters. The summed E-state index contributed by atoms with van der Waals surface area (Å²) in [5, 5.41) is 6.07. The van der Waals surface area contributed by atoms with Crippen LogP contribution in [-0.4, -0.2) is 19.5 Å². The van der Waals surface area contributed by atoms with Crippen LogP contribution in [0.2, 0.25) is 5.02 Å². The first-order chi connectivity index (χ1) is 6.63. The quantitative estimate of drug-likeness (QED) is 0.890. The zero-order valence-corrected chi connectivity index (χ0v) is 9.95. The minimum Gasteiger partial charge on any atom is -0.324 e. The number of benzene rings is 1. The molecule has 0 radical (unpaired) electrons. The Balaban J connectivity index is 2.75. The summed E-state index contributed by atoms with van der Waals surface area (Å²) in [6.45, 7) is 0.277. The zero-order valence-electron chi connectivity index (χ0n) is 7.60. The van der Waals surface area contributed by atoms with Gasteiger partial charge < -0.3 is 10.6 Å². The molecule has 14 heavy (non-hydrogen) atoms. The summed E-state index contributed by atoms with van der Waals surface area (Å²) in [6.07, 6.45) is 0. The Morgan fingerprint density at radius 1 is 1.57 bits per heavy atom. The van der Waals surface area contributed by atoms with E-state index in [1.165, 1.54) is 0 Å². The summed E-state index contributed by atoms with van der Waals surface area (Å²) < 4.78 is 0.811. The van der Waals surface area contributed by atoms with Crippen LogP contribution in [0.4, 0.5) is 5.69 Å². The monoisotopic (exact) mass is 276 g/mol. The number of hydrogen-bond acceptors (Lipinski definition) is 2. The summed E-state index contributed by atoms with van der Waals surface area (Å²) in [6, 6.07) is 5.23. The molecule has 3 nitrogen and oxygen atoms in total. The van der Waals surface area contributed by atoms with E-state index in [-0.39, 0.29) is 12.5 Å². The molecule has 0 heterocycles. The highest BCUT2D eigenvalue weighted by molar-refractivity contribution is 9.10. The fourth-order valence-corrected chi connectivity index (χ4v) is 1.47. The summed E-state index contributed by atoms with van der Waals surface area (Å²) >= 11 is 9.11. The summed E-state index contributed by atoms with van der Waals surface area (Å²) in [4.78, 5) is 11.2. The lowest BCUT2D eigenvalue weighted by molar-refractivity contribution is -0.115. The highest BCUT2D eigenvalue weighted by atomic mass is 79.9. The molecule has 0 fully saturated rings.